The number of anilines is 1. The van der Waals surface area contributed by atoms with Crippen molar-refractivity contribution in [3.63, 3.8) is 0 Å². The summed E-state index contributed by atoms with van der Waals surface area (Å²) in [6.45, 7) is 7.39. The molecule has 3 heterocycles. The Kier molecular flexibility index (Phi) is 7.07. The second kappa shape index (κ2) is 10.2. The molecule has 1 N–H and O–H groups in total. The largest absolute Gasteiger partial charge is 0.417 e. The molecule has 0 unspecified atom stereocenters. The lowest BCUT2D eigenvalue weighted by Crippen LogP contribution is -2.46. The van der Waals surface area contributed by atoms with Crippen molar-refractivity contribution in [3.05, 3.63) is 92.5 Å². The first-order chi connectivity index (χ1) is 18.9. The summed E-state index contributed by atoms with van der Waals surface area (Å²) in [5, 5.41) is 8.32. The number of carbonyl (C=O) groups excluding carboxylic acids is 1. The maximum Gasteiger partial charge on any atom is 0.417 e. The molecule has 40 heavy (non-hydrogen) atoms. The minimum Gasteiger partial charge on any atom is -0.349 e. The van der Waals surface area contributed by atoms with Crippen LogP contribution in [0, 0.1) is 0 Å². The third-order valence-corrected chi connectivity index (χ3v) is 7.78. The molecule has 0 fully saturated rings. The average molecular weight is 615 g/mol. The van der Waals surface area contributed by atoms with Crippen LogP contribution in [-0.4, -0.2) is 42.2 Å². The average Bonchev–Trinajstić information content (AvgIpc) is 3.28. The van der Waals surface area contributed by atoms with Crippen LogP contribution in [0.1, 0.15) is 41.0 Å². The van der Waals surface area contributed by atoms with Gasteiger partial charge in [0.1, 0.15) is 0 Å². The Morgan fingerprint density at radius 1 is 1.25 bits per heavy atom. The molecular formula is C28H26BrF3N6O2. The van der Waals surface area contributed by atoms with Crippen LogP contribution in [0.4, 0.5) is 19.1 Å². The van der Waals surface area contributed by atoms with E-state index in [0.29, 0.717) is 16.9 Å². The second-order valence-electron chi connectivity index (χ2n) is 9.86. The predicted molar refractivity (Wildman–Crippen MR) is 150 cm³/mol. The van der Waals surface area contributed by atoms with Gasteiger partial charge in [-0.2, -0.15) is 18.3 Å². The number of nitrogens with one attached hydrogen (secondary N) is 1. The molecule has 2 atom stereocenters. The first-order valence-corrected chi connectivity index (χ1v) is 13.3. The monoisotopic (exact) mass is 614 g/mol. The van der Waals surface area contributed by atoms with E-state index in [-0.39, 0.29) is 40.6 Å². The summed E-state index contributed by atoms with van der Waals surface area (Å²) in [6.07, 6.45) is -1.04. The van der Waals surface area contributed by atoms with Gasteiger partial charge in [0.15, 0.2) is 0 Å². The third kappa shape index (κ3) is 4.91. The van der Waals surface area contributed by atoms with Crippen molar-refractivity contribution in [2.75, 3.05) is 5.32 Å². The number of benzene rings is 2. The fraction of sp³-hybridized carbons (Fsp3) is 0.286. The van der Waals surface area contributed by atoms with Gasteiger partial charge in [0.25, 0.3) is 11.5 Å². The van der Waals surface area contributed by atoms with Crippen molar-refractivity contribution < 1.29 is 18.0 Å². The van der Waals surface area contributed by atoms with Crippen molar-refractivity contribution in [2.45, 2.75) is 45.1 Å². The van der Waals surface area contributed by atoms with E-state index in [4.69, 9.17) is 4.98 Å². The number of hydrogen-bond donors (Lipinski definition) is 1. The molecule has 1 aliphatic rings. The first-order valence-electron chi connectivity index (χ1n) is 12.5. The fourth-order valence-corrected chi connectivity index (χ4v) is 5.33. The summed E-state index contributed by atoms with van der Waals surface area (Å²) in [6, 6.07) is 8.27. The summed E-state index contributed by atoms with van der Waals surface area (Å²) in [7, 11) is 1.83. The zero-order chi connectivity index (χ0) is 28.9. The molecule has 2 aromatic carbocycles. The van der Waals surface area contributed by atoms with E-state index in [2.05, 4.69) is 32.9 Å². The number of hydrogen-bond acceptors (Lipinski definition) is 5. The molecule has 2 aromatic heterocycles. The molecule has 0 bridgehead atoms. The van der Waals surface area contributed by atoms with Crippen molar-refractivity contribution in [1.82, 2.24) is 24.2 Å². The van der Waals surface area contributed by atoms with Crippen molar-refractivity contribution in [1.29, 1.82) is 0 Å². The van der Waals surface area contributed by atoms with Gasteiger partial charge in [0.2, 0.25) is 5.95 Å². The van der Waals surface area contributed by atoms with Gasteiger partial charge in [-0.05, 0) is 56.7 Å². The highest BCUT2D eigenvalue weighted by molar-refractivity contribution is 9.10. The number of rotatable bonds is 5. The minimum atomic E-state index is -4.62. The standard InChI is InChI=1S/C28H26BrF3N6O2/c1-5-15(2)34-27-35-23-14-37(25(39)17-6-8-22(29)21(12-17)28(30,31)32)16(3)10-20(23)26(40)38(27)19-7-9-24-18(11-19)13-33-36(24)4/h5-9,11-13,15-16H,1,10,14H2,2-4H3,(H,34,35)/t15-,16+/m0/s1. The topological polar surface area (TPSA) is 85.1 Å². The van der Waals surface area contributed by atoms with E-state index in [0.717, 1.165) is 17.0 Å². The van der Waals surface area contributed by atoms with Crippen LogP contribution in [0.3, 0.4) is 0 Å². The molecule has 0 radical (unpaired) electrons. The maximum atomic E-state index is 13.9. The van der Waals surface area contributed by atoms with E-state index >= 15 is 0 Å². The van der Waals surface area contributed by atoms with Gasteiger partial charge in [-0.25, -0.2) is 9.55 Å². The van der Waals surface area contributed by atoms with Gasteiger partial charge in [-0.3, -0.25) is 14.3 Å². The molecule has 0 spiro atoms. The van der Waals surface area contributed by atoms with Crippen molar-refractivity contribution in [3.8, 4) is 5.69 Å². The number of halogens is 4. The van der Waals surface area contributed by atoms with E-state index in [1.165, 1.54) is 21.6 Å². The first kappa shape index (κ1) is 27.6. The number of aryl methyl sites for hydroxylation is 1. The molecule has 4 aromatic rings. The number of alkyl halides is 3. The van der Waals surface area contributed by atoms with Gasteiger partial charge in [0.05, 0.1) is 35.2 Å². The van der Waals surface area contributed by atoms with Gasteiger partial charge in [-0.1, -0.05) is 22.0 Å². The van der Waals surface area contributed by atoms with Gasteiger partial charge in [0, 0.05) is 40.1 Å². The Morgan fingerprint density at radius 2 is 2.00 bits per heavy atom. The summed E-state index contributed by atoms with van der Waals surface area (Å²) in [5.74, 6) is -0.303. The fourth-order valence-electron chi connectivity index (χ4n) is 4.86. The maximum absolute atomic E-state index is 13.9. The number of fused-ring (bicyclic) bond motifs is 2. The van der Waals surface area contributed by atoms with Crippen LogP contribution >= 0.6 is 15.9 Å². The number of nitrogens with zero attached hydrogens (tertiary/aromatic N) is 5. The Balaban J connectivity index is 1.58. The molecule has 8 nitrogen and oxygen atoms in total. The lowest BCUT2D eigenvalue weighted by atomic mass is 9.98. The van der Waals surface area contributed by atoms with E-state index in [1.807, 2.05) is 32.2 Å². The molecule has 1 amide bonds. The minimum absolute atomic E-state index is 0.0262. The smallest absolute Gasteiger partial charge is 0.349 e. The van der Waals surface area contributed by atoms with E-state index < -0.39 is 23.7 Å². The molecule has 0 saturated carbocycles. The van der Waals surface area contributed by atoms with Crippen LogP contribution < -0.4 is 10.9 Å². The summed E-state index contributed by atoms with van der Waals surface area (Å²) in [5.41, 5.74) is 1.03. The highest BCUT2D eigenvalue weighted by atomic mass is 79.9. The molecule has 208 valence electrons. The van der Waals surface area contributed by atoms with Gasteiger partial charge in [-0.15, -0.1) is 6.58 Å². The van der Waals surface area contributed by atoms with Gasteiger partial charge < -0.3 is 10.2 Å². The Bertz CT molecular complexity index is 1710. The normalized spacial score (nSPS) is 16.1. The van der Waals surface area contributed by atoms with E-state index in [9.17, 15) is 22.8 Å². The lowest BCUT2D eigenvalue weighted by Gasteiger charge is -2.35. The number of amides is 1. The zero-order valence-corrected chi connectivity index (χ0v) is 23.5. The van der Waals surface area contributed by atoms with Crippen LogP contribution in [0.5, 0.6) is 0 Å². The Labute approximate surface area is 236 Å². The lowest BCUT2D eigenvalue weighted by molar-refractivity contribution is -0.138. The molecule has 0 aliphatic carbocycles. The third-order valence-electron chi connectivity index (χ3n) is 7.09. The quantitative estimate of drug-likeness (QED) is 0.301. The van der Waals surface area contributed by atoms with Crippen LogP contribution in [0.2, 0.25) is 0 Å². The highest BCUT2D eigenvalue weighted by Crippen LogP contribution is 2.36. The number of aromatic nitrogens is 4. The molecule has 5 rings (SSSR count). The highest BCUT2D eigenvalue weighted by Gasteiger charge is 2.36. The van der Waals surface area contributed by atoms with Crippen LogP contribution in [0.15, 0.2) is 64.5 Å². The Hall–Kier alpha value is -3.93. The van der Waals surface area contributed by atoms with Crippen LogP contribution in [-0.2, 0) is 26.2 Å². The van der Waals surface area contributed by atoms with E-state index in [1.54, 1.807) is 23.9 Å². The molecule has 0 saturated heterocycles. The van der Waals surface area contributed by atoms with Crippen molar-refractivity contribution >= 4 is 38.7 Å². The summed E-state index contributed by atoms with van der Waals surface area (Å²) < 4.78 is 43.5. The summed E-state index contributed by atoms with van der Waals surface area (Å²) >= 11 is 2.92. The summed E-state index contributed by atoms with van der Waals surface area (Å²) in [4.78, 5) is 33.6. The predicted octanol–water partition coefficient (Wildman–Crippen LogP) is 5.47. The Morgan fingerprint density at radius 3 is 2.70 bits per heavy atom. The second-order valence-corrected chi connectivity index (χ2v) is 10.7. The van der Waals surface area contributed by atoms with Gasteiger partial charge >= 0.3 is 6.18 Å². The molecule has 1 aliphatic heterocycles. The number of carbonyl (C=O) groups is 1. The molecular weight excluding hydrogens is 589 g/mol. The van der Waals surface area contributed by atoms with Crippen molar-refractivity contribution in [2.24, 2.45) is 7.05 Å². The van der Waals surface area contributed by atoms with Crippen LogP contribution in [0.25, 0.3) is 16.6 Å². The molecule has 12 heteroatoms. The SMILES string of the molecule is C=C[C@H](C)Nc1nc2c(c(=O)n1-c1ccc3c(cnn3C)c1)C[C@@H](C)N(C(=O)c1ccc(Br)c(C(F)(F)F)c1)C2. The zero-order valence-electron chi connectivity index (χ0n) is 22.0.